The van der Waals surface area contributed by atoms with Gasteiger partial charge in [0.15, 0.2) is 0 Å². The molecule has 2 heteroatoms. The molecule has 2 aromatic rings. The van der Waals surface area contributed by atoms with Crippen LogP contribution in [0.5, 0.6) is 0 Å². The van der Waals surface area contributed by atoms with Crippen LogP contribution in [-0.4, -0.2) is 0 Å². The maximum Gasteiger partial charge on any atom is 0.123 e. The Kier molecular flexibility index (Phi) is 4.11. The third-order valence-corrected chi connectivity index (χ3v) is 3.03. The fourth-order valence-corrected chi connectivity index (χ4v) is 2.03. The fraction of sp³-hybridized carbons (Fsp3) is 0.250. The van der Waals surface area contributed by atoms with Crippen LogP contribution in [0.4, 0.5) is 4.39 Å². The van der Waals surface area contributed by atoms with Crippen molar-refractivity contribution in [1.82, 2.24) is 5.32 Å². The van der Waals surface area contributed by atoms with E-state index >= 15 is 0 Å². The molecule has 0 saturated carbocycles. The van der Waals surface area contributed by atoms with Crippen LogP contribution >= 0.6 is 0 Å². The van der Waals surface area contributed by atoms with E-state index in [0.717, 1.165) is 12.1 Å². The average molecular weight is 243 g/mol. The summed E-state index contributed by atoms with van der Waals surface area (Å²) >= 11 is 0. The Morgan fingerprint density at radius 1 is 1.00 bits per heavy atom. The molecule has 0 spiro atoms. The summed E-state index contributed by atoms with van der Waals surface area (Å²) in [7, 11) is 0. The predicted octanol–water partition coefficient (Wildman–Crippen LogP) is 3.73. The molecule has 0 unspecified atom stereocenters. The van der Waals surface area contributed by atoms with Gasteiger partial charge < -0.3 is 5.32 Å². The standard InChI is InChI=1S/C16H18FN/c1-12-6-7-15(13(2)8-12)11-18-10-14-4-3-5-16(17)9-14/h3-9,18H,10-11H2,1-2H3. The van der Waals surface area contributed by atoms with Crippen LogP contribution in [0, 0.1) is 19.7 Å². The Morgan fingerprint density at radius 2 is 1.83 bits per heavy atom. The van der Waals surface area contributed by atoms with Crippen LogP contribution in [-0.2, 0) is 13.1 Å². The molecule has 0 bridgehead atoms. The SMILES string of the molecule is Cc1ccc(CNCc2cccc(F)c2)c(C)c1. The van der Waals surface area contributed by atoms with E-state index in [1.54, 1.807) is 12.1 Å². The van der Waals surface area contributed by atoms with E-state index in [0.29, 0.717) is 6.54 Å². The Labute approximate surface area is 108 Å². The zero-order chi connectivity index (χ0) is 13.0. The number of aryl methyl sites for hydroxylation is 2. The van der Waals surface area contributed by atoms with Crippen molar-refractivity contribution in [2.45, 2.75) is 26.9 Å². The highest BCUT2D eigenvalue weighted by Crippen LogP contribution is 2.10. The minimum absolute atomic E-state index is 0.180. The van der Waals surface area contributed by atoms with Gasteiger partial charge in [-0.3, -0.25) is 0 Å². The van der Waals surface area contributed by atoms with Gasteiger partial charge in [-0.25, -0.2) is 4.39 Å². The predicted molar refractivity (Wildman–Crippen MR) is 72.9 cm³/mol. The van der Waals surface area contributed by atoms with Crippen LogP contribution in [0.1, 0.15) is 22.3 Å². The van der Waals surface area contributed by atoms with Crippen LogP contribution in [0.15, 0.2) is 42.5 Å². The summed E-state index contributed by atoms with van der Waals surface area (Å²) < 4.78 is 13.0. The molecule has 0 saturated heterocycles. The highest BCUT2D eigenvalue weighted by Gasteiger charge is 1.99. The lowest BCUT2D eigenvalue weighted by Crippen LogP contribution is -2.13. The molecule has 0 aliphatic carbocycles. The van der Waals surface area contributed by atoms with Crippen LogP contribution in [0.3, 0.4) is 0 Å². The zero-order valence-corrected chi connectivity index (χ0v) is 10.8. The second kappa shape index (κ2) is 5.78. The topological polar surface area (TPSA) is 12.0 Å². The quantitative estimate of drug-likeness (QED) is 0.862. The van der Waals surface area contributed by atoms with E-state index in [4.69, 9.17) is 0 Å². The minimum Gasteiger partial charge on any atom is -0.309 e. The molecule has 0 aromatic heterocycles. The maximum absolute atomic E-state index is 13.0. The summed E-state index contributed by atoms with van der Waals surface area (Å²) in [6.07, 6.45) is 0. The molecule has 0 atom stereocenters. The number of rotatable bonds is 4. The number of hydrogen-bond donors (Lipinski definition) is 1. The average Bonchev–Trinajstić information content (AvgIpc) is 2.32. The molecule has 0 aliphatic heterocycles. The lowest BCUT2D eigenvalue weighted by atomic mass is 10.1. The van der Waals surface area contributed by atoms with Crippen molar-refractivity contribution in [3.8, 4) is 0 Å². The van der Waals surface area contributed by atoms with E-state index in [1.165, 1.54) is 22.8 Å². The first kappa shape index (κ1) is 12.8. The Morgan fingerprint density at radius 3 is 2.56 bits per heavy atom. The van der Waals surface area contributed by atoms with Crippen molar-refractivity contribution < 1.29 is 4.39 Å². The van der Waals surface area contributed by atoms with Gasteiger partial charge in [-0.1, -0.05) is 35.9 Å². The van der Waals surface area contributed by atoms with Gasteiger partial charge in [0.2, 0.25) is 0 Å². The van der Waals surface area contributed by atoms with Crippen molar-refractivity contribution in [2.24, 2.45) is 0 Å². The molecule has 18 heavy (non-hydrogen) atoms. The summed E-state index contributed by atoms with van der Waals surface area (Å²) in [4.78, 5) is 0. The number of nitrogens with one attached hydrogen (secondary N) is 1. The number of benzene rings is 2. The van der Waals surface area contributed by atoms with Gasteiger partial charge in [-0.05, 0) is 42.7 Å². The van der Waals surface area contributed by atoms with Gasteiger partial charge >= 0.3 is 0 Å². The molecule has 0 heterocycles. The van der Waals surface area contributed by atoms with Crippen LogP contribution in [0.25, 0.3) is 0 Å². The molecule has 2 aromatic carbocycles. The van der Waals surface area contributed by atoms with Crippen molar-refractivity contribution in [2.75, 3.05) is 0 Å². The van der Waals surface area contributed by atoms with Gasteiger partial charge in [-0.15, -0.1) is 0 Å². The molecule has 0 amide bonds. The molecule has 2 rings (SSSR count). The van der Waals surface area contributed by atoms with Crippen LogP contribution in [0.2, 0.25) is 0 Å². The van der Waals surface area contributed by atoms with Gasteiger partial charge in [-0.2, -0.15) is 0 Å². The van der Waals surface area contributed by atoms with Gasteiger partial charge in [0, 0.05) is 13.1 Å². The van der Waals surface area contributed by atoms with E-state index in [9.17, 15) is 4.39 Å². The molecule has 0 fully saturated rings. The first-order valence-corrected chi connectivity index (χ1v) is 6.16. The number of halogens is 1. The molecular weight excluding hydrogens is 225 g/mol. The van der Waals surface area contributed by atoms with Crippen molar-refractivity contribution >= 4 is 0 Å². The van der Waals surface area contributed by atoms with E-state index < -0.39 is 0 Å². The fourth-order valence-electron chi connectivity index (χ4n) is 2.03. The molecule has 94 valence electrons. The summed E-state index contributed by atoms with van der Waals surface area (Å²) in [5.41, 5.74) is 4.83. The first-order chi connectivity index (χ1) is 8.65. The molecule has 0 radical (unpaired) electrons. The van der Waals surface area contributed by atoms with E-state index in [1.807, 2.05) is 6.07 Å². The third kappa shape index (κ3) is 3.41. The lowest BCUT2D eigenvalue weighted by molar-refractivity contribution is 0.620. The van der Waals surface area contributed by atoms with Gasteiger partial charge in [0.25, 0.3) is 0 Å². The first-order valence-electron chi connectivity index (χ1n) is 6.16. The van der Waals surface area contributed by atoms with Gasteiger partial charge in [0.05, 0.1) is 0 Å². The molecule has 1 nitrogen and oxygen atoms in total. The second-order valence-electron chi connectivity index (χ2n) is 4.66. The highest BCUT2D eigenvalue weighted by molar-refractivity contribution is 5.30. The van der Waals surface area contributed by atoms with Crippen molar-refractivity contribution in [3.63, 3.8) is 0 Å². The minimum atomic E-state index is -0.180. The summed E-state index contributed by atoms with van der Waals surface area (Å²) in [5, 5.41) is 3.34. The Bertz CT molecular complexity index is 534. The largest absolute Gasteiger partial charge is 0.309 e. The number of hydrogen-bond acceptors (Lipinski definition) is 1. The van der Waals surface area contributed by atoms with E-state index in [2.05, 4.69) is 37.4 Å². The summed E-state index contributed by atoms with van der Waals surface area (Å²) in [5.74, 6) is -0.180. The third-order valence-electron chi connectivity index (χ3n) is 3.03. The van der Waals surface area contributed by atoms with Crippen LogP contribution < -0.4 is 5.32 Å². The lowest BCUT2D eigenvalue weighted by Gasteiger charge is -2.09. The normalized spacial score (nSPS) is 10.6. The summed E-state index contributed by atoms with van der Waals surface area (Å²) in [6.45, 7) is 5.71. The van der Waals surface area contributed by atoms with Gasteiger partial charge in [0.1, 0.15) is 5.82 Å². The summed E-state index contributed by atoms with van der Waals surface area (Å²) in [6, 6.07) is 13.1. The highest BCUT2D eigenvalue weighted by atomic mass is 19.1. The smallest absolute Gasteiger partial charge is 0.123 e. The maximum atomic E-state index is 13.0. The Balaban J connectivity index is 1.92. The van der Waals surface area contributed by atoms with Crippen molar-refractivity contribution in [3.05, 3.63) is 70.5 Å². The molecular formula is C16H18FN. The second-order valence-corrected chi connectivity index (χ2v) is 4.66. The monoisotopic (exact) mass is 243 g/mol. The molecule has 0 aliphatic rings. The molecule has 1 N–H and O–H groups in total. The van der Waals surface area contributed by atoms with E-state index in [-0.39, 0.29) is 5.82 Å². The Hall–Kier alpha value is -1.67. The van der Waals surface area contributed by atoms with Crippen molar-refractivity contribution in [1.29, 1.82) is 0 Å². The zero-order valence-electron chi connectivity index (χ0n) is 10.8.